The van der Waals surface area contributed by atoms with Gasteiger partial charge < -0.3 is 0 Å². The Morgan fingerprint density at radius 3 is 2.16 bits per heavy atom. The molecule has 1 heterocycles. The lowest BCUT2D eigenvalue weighted by Crippen LogP contribution is -2.38. The standard InChI is InChI=1S/C18H17F3N2O2/c1-10(2)17(5)15(25)23(14(24)16(17,3)4)12-7-6-11(9-22)13(8-12)18(19,20)21/h6-8H,1H2,2-5H3. The van der Waals surface area contributed by atoms with Gasteiger partial charge in [0, 0.05) is 0 Å². The monoisotopic (exact) mass is 350 g/mol. The summed E-state index contributed by atoms with van der Waals surface area (Å²) in [6.45, 7) is 10.1. The van der Waals surface area contributed by atoms with E-state index in [0.29, 0.717) is 11.6 Å². The Labute approximate surface area is 143 Å². The van der Waals surface area contributed by atoms with Gasteiger partial charge in [-0.1, -0.05) is 12.2 Å². The van der Waals surface area contributed by atoms with Gasteiger partial charge in [0.15, 0.2) is 0 Å². The number of amides is 2. The van der Waals surface area contributed by atoms with Crippen molar-refractivity contribution < 1.29 is 22.8 Å². The predicted molar refractivity (Wildman–Crippen MR) is 85.4 cm³/mol. The largest absolute Gasteiger partial charge is 0.417 e. The van der Waals surface area contributed by atoms with E-state index >= 15 is 0 Å². The molecular weight excluding hydrogens is 333 g/mol. The highest BCUT2D eigenvalue weighted by Gasteiger charge is 2.62. The van der Waals surface area contributed by atoms with Crippen molar-refractivity contribution in [3.63, 3.8) is 0 Å². The van der Waals surface area contributed by atoms with Gasteiger partial charge in [-0.05, 0) is 45.9 Å². The van der Waals surface area contributed by atoms with Crippen LogP contribution in [0.15, 0.2) is 30.4 Å². The highest BCUT2D eigenvalue weighted by Crippen LogP contribution is 2.53. The zero-order valence-electron chi connectivity index (χ0n) is 14.3. The molecule has 1 aliphatic heterocycles. The van der Waals surface area contributed by atoms with E-state index in [1.165, 1.54) is 12.1 Å². The van der Waals surface area contributed by atoms with Crippen molar-refractivity contribution in [1.29, 1.82) is 5.26 Å². The van der Waals surface area contributed by atoms with E-state index in [9.17, 15) is 22.8 Å². The molecule has 1 unspecified atom stereocenters. The third-order valence-corrected chi connectivity index (χ3v) is 5.16. The Balaban J connectivity index is 2.68. The Hall–Kier alpha value is -2.62. The van der Waals surface area contributed by atoms with Crippen molar-refractivity contribution in [1.82, 2.24) is 0 Å². The molecule has 0 aliphatic carbocycles. The first-order valence-corrected chi connectivity index (χ1v) is 7.46. The van der Waals surface area contributed by atoms with Crippen LogP contribution in [0.4, 0.5) is 18.9 Å². The zero-order chi connectivity index (χ0) is 19.4. The van der Waals surface area contributed by atoms with E-state index in [-0.39, 0.29) is 5.69 Å². The summed E-state index contributed by atoms with van der Waals surface area (Å²) < 4.78 is 39.5. The van der Waals surface area contributed by atoms with E-state index in [1.54, 1.807) is 27.7 Å². The average molecular weight is 350 g/mol. The molecule has 25 heavy (non-hydrogen) atoms. The number of carbonyl (C=O) groups excluding carboxylic acids is 2. The molecule has 0 saturated carbocycles. The minimum Gasteiger partial charge on any atom is -0.273 e. The van der Waals surface area contributed by atoms with Gasteiger partial charge in [0.2, 0.25) is 11.8 Å². The second-order valence-electron chi connectivity index (χ2n) is 6.82. The van der Waals surface area contributed by atoms with Crippen molar-refractivity contribution in [3.8, 4) is 6.07 Å². The van der Waals surface area contributed by atoms with Gasteiger partial charge in [0.25, 0.3) is 0 Å². The van der Waals surface area contributed by atoms with Crippen LogP contribution in [-0.4, -0.2) is 11.8 Å². The first-order valence-electron chi connectivity index (χ1n) is 7.46. The molecule has 1 aliphatic rings. The molecule has 1 fully saturated rings. The molecule has 1 saturated heterocycles. The lowest BCUT2D eigenvalue weighted by Gasteiger charge is -2.33. The first kappa shape index (κ1) is 18.7. The van der Waals surface area contributed by atoms with Crippen molar-refractivity contribution in [2.75, 3.05) is 4.90 Å². The first-order chi connectivity index (χ1) is 11.3. The van der Waals surface area contributed by atoms with Gasteiger partial charge in [-0.3, -0.25) is 9.59 Å². The van der Waals surface area contributed by atoms with Crippen molar-refractivity contribution in [3.05, 3.63) is 41.5 Å². The molecule has 0 N–H and O–H groups in total. The minimum absolute atomic E-state index is 0.209. The fraction of sp³-hybridized carbons (Fsp3) is 0.389. The van der Waals surface area contributed by atoms with Crippen LogP contribution in [0.1, 0.15) is 38.8 Å². The van der Waals surface area contributed by atoms with Crippen LogP contribution in [-0.2, 0) is 15.8 Å². The number of rotatable bonds is 2. The highest BCUT2D eigenvalue weighted by molar-refractivity contribution is 6.26. The van der Waals surface area contributed by atoms with Crippen LogP contribution in [0.25, 0.3) is 0 Å². The van der Waals surface area contributed by atoms with Crippen LogP contribution in [0.5, 0.6) is 0 Å². The van der Waals surface area contributed by atoms with Gasteiger partial charge in [-0.15, -0.1) is 0 Å². The van der Waals surface area contributed by atoms with Gasteiger partial charge in [0.05, 0.1) is 33.7 Å². The Morgan fingerprint density at radius 2 is 1.76 bits per heavy atom. The second-order valence-corrected chi connectivity index (χ2v) is 6.82. The number of imide groups is 1. The second kappa shape index (κ2) is 5.45. The van der Waals surface area contributed by atoms with Crippen LogP contribution in [0.3, 0.4) is 0 Å². The summed E-state index contributed by atoms with van der Waals surface area (Å²) in [6.07, 6.45) is -4.78. The van der Waals surface area contributed by atoms with Crippen LogP contribution in [0.2, 0.25) is 0 Å². The summed E-state index contributed by atoms with van der Waals surface area (Å²) >= 11 is 0. The number of benzene rings is 1. The molecule has 0 radical (unpaired) electrons. The third kappa shape index (κ3) is 2.44. The topological polar surface area (TPSA) is 61.2 Å². The maximum Gasteiger partial charge on any atom is 0.417 e. The molecule has 0 aromatic heterocycles. The van der Waals surface area contributed by atoms with E-state index in [1.807, 2.05) is 0 Å². The zero-order valence-corrected chi connectivity index (χ0v) is 14.3. The fourth-order valence-electron chi connectivity index (χ4n) is 3.03. The molecule has 1 aromatic rings. The molecule has 7 heteroatoms. The lowest BCUT2D eigenvalue weighted by molar-refractivity contribution is -0.138. The normalized spacial score (nSPS) is 22.9. The highest BCUT2D eigenvalue weighted by atomic mass is 19.4. The van der Waals surface area contributed by atoms with Gasteiger partial charge in [-0.25, -0.2) is 4.90 Å². The molecule has 4 nitrogen and oxygen atoms in total. The predicted octanol–water partition coefficient (Wildman–Crippen LogP) is 4.06. The molecule has 0 spiro atoms. The number of nitriles is 1. The number of halogens is 3. The molecule has 2 amide bonds. The quantitative estimate of drug-likeness (QED) is 0.597. The SMILES string of the molecule is C=C(C)C1(C)C(=O)N(c2ccc(C#N)c(C(F)(F)F)c2)C(=O)C1(C)C. The number of alkyl halides is 3. The van der Waals surface area contributed by atoms with Crippen LogP contribution < -0.4 is 4.90 Å². The van der Waals surface area contributed by atoms with Gasteiger partial charge >= 0.3 is 6.18 Å². The van der Waals surface area contributed by atoms with Crippen molar-refractivity contribution in [2.45, 2.75) is 33.9 Å². The number of hydrogen-bond donors (Lipinski definition) is 0. The molecule has 0 bridgehead atoms. The molecule has 132 valence electrons. The number of nitrogens with zero attached hydrogens (tertiary/aromatic N) is 2. The summed E-state index contributed by atoms with van der Waals surface area (Å²) in [5.74, 6) is -1.24. The van der Waals surface area contributed by atoms with Crippen LogP contribution in [0, 0.1) is 22.2 Å². The van der Waals surface area contributed by atoms with Gasteiger partial charge in [0.1, 0.15) is 0 Å². The minimum atomic E-state index is -4.78. The van der Waals surface area contributed by atoms with Crippen LogP contribution >= 0.6 is 0 Å². The number of anilines is 1. The maximum absolute atomic E-state index is 13.2. The molecule has 2 rings (SSSR count). The summed E-state index contributed by atoms with van der Waals surface area (Å²) in [5, 5.41) is 8.87. The maximum atomic E-state index is 13.2. The summed E-state index contributed by atoms with van der Waals surface area (Å²) in [7, 11) is 0. The smallest absolute Gasteiger partial charge is 0.273 e. The van der Waals surface area contributed by atoms with E-state index < -0.39 is 39.9 Å². The molecular formula is C18H17F3N2O2. The number of carbonyl (C=O) groups is 2. The summed E-state index contributed by atoms with van der Waals surface area (Å²) in [4.78, 5) is 26.5. The molecule has 1 aromatic carbocycles. The molecule has 1 atom stereocenters. The third-order valence-electron chi connectivity index (χ3n) is 5.16. The summed E-state index contributed by atoms with van der Waals surface area (Å²) in [5.41, 5.74) is -3.92. The van der Waals surface area contributed by atoms with Crippen molar-refractivity contribution in [2.24, 2.45) is 10.8 Å². The van der Waals surface area contributed by atoms with E-state index in [2.05, 4.69) is 6.58 Å². The van der Waals surface area contributed by atoms with Gasteiger partial charge in [-0.2, -0.15) is 18.4 Å². The van der Waals surface area contributed by atoms with E-state index in [0.717, 1.165) is 11.0 Å². The Morgan fingerprint density at radius 1 is 1.20 bits per heavy atom. The Kier molecular flexibility index (Phi) is 4.08. The number of hydrogen-bond acceptors (Lipinski definition) is 3. The summed E-state index contributed by atoms with van der Waals surface area (Å²) in [6, 6.07) is 4.26. The van der Waals surface area contributed by atoms with Crippen molar-refractivity contribution >= 4 is 17.5 Å². The van der Waals surface area contributed by atoms with E-state index in [4.69, 9.17) is 5.26 Å². The fourth-order valence-corrected chi connectivity index (χ4v) is 3.03. The Bertz CT molecular complexity index is 834. The lowest BCUT2D eigenvalue weighted by atomic mass is 9.65. The average Bonchev–Trinajstić information content (AvgIpc) is 2.65.